The fourth-order valence-electron chi connectivity index (χ4n) is 3.31. The van der Waals surface area contributed by atoms with Crippen molar-refractivity contribution >= 4 is 32.6 Å². The molecule has 2 aromatic carbocycles. The number of hydrogen-bond acceptors (Lipinski definition) is 6. The Balaban J connectivity index is 1.61. The van der Waals surface area contributed by atoms with Crippen LogP contribution in [0.1, 0.15) is 12.0 Å². The van der Waals surface area contributed by atoms with Crippen molar-refractivity contribution in [2.24, 2.45) is 0 Å². The summed E-state index contributed by atoms with van der Waals surface area (Å²) < 4.78 is 12.4. The number of ether oxygens (including phenoxy) is 2. The molecule has 3 aromatic rings. The number of amides is 1. The molecule has 0 radical (unpaired) electrons. The van der Waals surface area contributed by atoms with E-state index < -0.39 is 0 Å². The maximum absolute atomic E-state index is 13.2. The number of nitrogens with zero attached hydrogens (tertiary/aromatic N) is 3. The minimum absolute atomic E-state index is 0.0614. The minimum atomic E-state index is 0.0614. The maximum atomic E-state index is 13.2. The van der Waals surface area contributed by atoms with Gasteiger partial charge in [0, 0.05) is 18.7 Å². The summed E-state index contributed by atoms with van der Waals surface area (Å²) in [6, 6.07) is 13.7. The van der Waals surface area contributed by atoms with Crippen LogP contribution in [-0.2, 0) is 11.2 Å². The van der Waals surface area contributed by atoms with Gasteiger partial charge in [-0.05, 0) is 32.6 Å². The van der Waals surface area contributed by atoms with Gasteiger partial charge in [-0.15, -0.1) is 0 Å². The highest BCUT2D eigenvalue weighted by Crippen LogP contribution is 2.38. The lowest BCUT2D eigenvalue weighted by molar-refractivity contribution is -0.118. The summed E-state index contributed by atoms with van der Waals surface area (Å²) >= 11 is 1.52. The highest BCUT2D eigenvalue weighted by Gasteiger charge is 2.22. The Bertz CT molecular complexity index is 945. The monoisotopic (exact) mass is 411 g/mol. The molecule has 0 saturated carbocycles. The second-order valence-corrected chi connectivity index (χ2v) is 8.33. The number of rotatable bonds is 7. The van der Waals surface area contributed by atoms with Crippen LogP contribution in [0.4, 0.5) is 5.13 Å². The zero-order valence-electron chi connectivity index (χ0n) is 16.8. The smallest absolute Gasteiger partial charge is 0.233 e. The van der Waals surface area contributed by atoms with Crippen molar-refractivity contribution < 1.29 is 14.3 Å². The summed E-state index contributed by atoms with van der Waals surface area (Å²) in [5.74, 6) is 1.52. The molecular formula is C22H25N3O3S. The molecule has 6 nitrogen and oxygen atoms in total. The SMILES string of the molecule is CN(C)CCCN(C(=O)Cc1ccccc1)c1nc2cc3c(cc2s1)OCCO3. The number of fused-ring (bicyclic) bond motifs is 2. The zero-order chi connectivity index (χ0) is 20.2. The fourth-order valence-corrected chi connectivity index (χ4v) is 4.33. The molecule has 0 bridgehead atoms. The molecule has 0 fully saturated rings. The van der Waals surface area contributed by atoms with E-state index >= 15 is 0 Å². The Kier molecular flexibility index (Phi) is 5.97. The molecule has 0 saturated heterocycles. The quantitative estimate of drug-likeness (QED) is 0.595. The number of carbonyl (C=O) groups excluding carboxylic acids is 1. The van der Waals surface area contributed by atoms with Crippen LogP contribution in [0.25, 0.3) is 10.2 Å². The van der Waals surface area contributed by atoms with Gasteiger partial charge in [0.1, 0.15) is 13.2 Å². The van der Waals surface area contributed by atoms with Crippen molar-refractivity contribution in [3.8, 4) is 11.5 Å². The minimum Gasteiger partial charge on any atom is -0.486 e. The van der Waals surface area contributed by atoms with Crippen LogP contribution < -0.4 is 14.4 Å². The summed E-state index contributed by atoms with van der Waals surface area (Å²) in [7, 11) is 4.08. The third kappa shape index (κ3) is 4.68. The molecule has 0 unspecified atom stereocenters. The number of aromatic nitrogens is 1. The molecule has 0 aliphatic carbocycles. The fraction of sp³-hybridized carbons (Fsp3) is 0.364. The second kappa shape index (κ2) is 8.80. The molecule has 152 valence electrons. The van der Waals surface area contributed by atoms with E-state index in [2.05, 4.69) is 4.90 Å². The van der Waals surface area contributed by atoms with Gasteiger partial charge in [-0.2, -0.15) is 0 Å². The molecule has 0 atom stereocenters. The van der Waals surface area contributed by atoms with E-state index in [0.717, 1.165) is 45.4 Å². The van der Waals surface area contributed by atoms with Crippen LogP contribution in [0.3, 0.4) is 0 Å². The second-order valence-electron chi connectivity index (χ2n) is 7.32. The van der Waals surface area contributed by atoms with E-state index in [4.69, 9.17) is 14.5 Å². The first-order chi connectivity index (χ1) is 14.1. The third-order valence-corrected chi connectivity index (χ3v) is 5.80. The van der Waals surface area contributed by atoms with Crippen LogP contribution in [0.15, 0.2) is 42.5 Å². The van der Waals surface area contributed by atoms with Crippen molar-refractivity contribution in [1.29, 1.82) is 0 Å². The standard InChI is InChI=1S/C22H25N3O3S/c1-24(2)9-6-10-25(21(26)13-16-7-4-3-5-8-16)22-23-17-14-18-19(15-20(17)29-22)28-12-11-27-18/h3-5,7-8,14-15H,6,9-13H2,1-2H3. The van der Waals surface area contributed by atoms with E-state index in [1.165, 1.54) is 11.3 Å². The Morgan fingerprint density at radius 1 is 1.07 bits per heavy atom. The van der Waals surface area contributed by atoms with Gasteiger partial charge >= 0.3 is 0 Å². The Morgan fingerprint density at radius 3 is 2.52 bits per heavy atom. The Labute approximate surface area is 174 Å². The summed E-state index contributed by atoms with van der Waals surface area (Å²) in [4.78, 5) is 21.9. The lowest BCUT2D eigenvalue weighted by atomic mass is 10.1. The molecule has 1 aromatic heterocycles. The van der Waals surface area contributed by atoms with E-state index in [-0.39, 0.29) is 5.91 Å². The van der Waals surface area contributed by atoms with Crippen molar-refractivity contribution in [3.63, 3.8) is 0 Å². The number of hydrogen-bond donors (Lipinski definition) is 0. The van der Waals surface area contributed by atoms with Crippen LogP contribution in [0.2, 0.25) is 0 Å². The zero-order valence-corrected chi connectivity index (χ0v) is 17.6. The summed E-state index contributed by atoms with van der Waals surface area (Å²) in [6.07, 6.45) is 1.24. The molecule has 29 heavy (non-hydrogen) atoms. The van der Waals surface area contributed by atoms with Crippen LogP contribution in [0.5, 0.6) is 11.5 Å². The van der Waals surface area contributed by atoms with Gasteiger partial charge in [0.25, 0.3) is 0 Å². The van der Waals surface area contributed by atoms with Gasteiger partial charge in [-0.1, -0.05) is 41.7 Å². The number of benzene rings is 2. The lowest BCUT2D eigenvalue weighted by Crippen LogP contribution is -2.34. The number of carbonyl (C=O) groups is 1. The van der Waals surface area contributed by atoms with Gasteiger partial charge in [0.2, 0.25) is 5.91 Å². The van der Waals surface area contributed by atoms with Crippen molar-refractivity contribution in [2.45, 2.75) is 12.8 Å². The summed E-state index contributed by atoms with van der Waals surface area (Å²) in [5, 5.41) is 0.724. The topological polar surface area (TPSA) is 54.9 Å². The Morgan fingerprint density at radius 2 is 1.79 bits per heavy atom. The molecule has 0 N–H and O–H groups in total. The van der Waals surface area contributed by atoms with Crippen LogP contribution in [-0.4, -0.2) is 56.2 Å². The molecule has 2 heterocycles. The van der Waals surface area contributed by atoms with E-state index in [0.29, 0.717) is 26.2 Å². The van der Waals surface area contributed by atoms with Crippen molar-refractivity contribution in [2.75, 3.05) is 45.3 Å². The lowest BCUT2D eigenvalue weighted by Gasteiger charge is -2.21. The molecule has 0 spiro atoms. The molecule has 7 heteroatoms. The van der Waals surface area contributed by atoms with Crippen molar-refractivity contribution in [3.05, 3.63) is 48.0 Å². The average Bonchev–Trinajstić information content (AvgIpc) is 3.12. The van der Waals surface area contributed by atoms with Crippen LogP contribution >= 0.6 is 11.3 Å². The number of thiazole rings is 1. The largest absolute Gasteiger partial charge is 0.486 e. The van der Waals surface area contributed by atoms with Gasteiger partial charge in [-0.25, -0.2) is 4.98 Å². The summed E-state index contributed by atoms with van der Waals surface area (Å²) in [5.41, 5.74) is 1.84. The first-order valence-corrected chi connectivity index (χ1v) is 10.6. The highest BCUT2D eigenvalue weighted by molar-refractivity contribution is 7.22. The highest BCUT2D eigenvalue weighted by atomic mass is 32.1. The predicted octanol–water partition coefficient (Wildman–Crippen LogP) is 3.59. The van der Waals surface area contributed by atoms with Gasteiger partial charge in [0.05, 0.1) is 16.6 Å². The predicted molar refractivity (Wildman–Crippen MR) is 116 cm³/mol. The number of anilines is 1. The molecule has 1 amide bonds. The normalized spacial score (nSPS) is 13.1. The summed E-state index contributed by atoms with van der Waals surface area (Å²) in [6.45, 7) is 2.64. The maximum Gasteiger partial charge on any atom is 0.233 e. The van der Waals surface area contributed by atoms with E-state index in [1.807, 2.05) is 61.5 Å². The van der Waals surface area contributed by atoms with E-state index in [9.17, 15) is 4.79 Å². The van der Waals surface area contributed by atoms with Gasteiger partial charge < -0.3 is 14.4 Å². The first kappa shape index (κ1) is 19.7. The van der Waals surface area contributed by atoms with Gasteiger partial charge in [-0.3, -0.25) is 9.69 Å². The Hall–Kier alpha value is -2.64. The first-order valence-electron chi connectivity index (χ1n) is 9.79. The van der Waals surface area contributed by atoms with E-state index in [1.54, 1.807) is 0 Å². The average molecular weight is 412 g/mol. The van der Waals surface area contributed by atoms with Crippen LogP contribution in [0, 0.1) is 0 Å². The third-order valence-electron chi connectivity index (χ3n) is 4.76. The van der Waals surface area contributed by atoms with Gasteiger partial charge in [0.15, 0.2) is 16.6 Å². The molecule has 1 aliphatic rings. The molecular weight excluding hydrogens is 386 g/mol. The molecule has 1 aliphatic heterocycles. The molecule has 4 rings (SSSR count). The van der Waals surface area contributed by atoms with Crippen molar-refractivity contribution in [1.82, 2.24) is 9.88 Å².